The van der Waals surface area contributed by atoms with Crippen molar-refractivity contribution >= 4 is 16.8 Å². The lowest BCUT2D eigenvalue weighted by Crippen LogP contribution is -2.55. The number of hydrogen-bond donors (Lipinski definition) is 1. The van der Waals surface area contributed by atoms with Crippen LogP contribution in [0.5, 0.6) is 5.75 Å². The van der Waals surface area contributed by atoms with Crippen molar-refractivity contribution in [3.05, 3.63) is 23.9 Å². The molecule has 6 nitrogen and oxygen atoms in total. The fourth-order valence-corrected chi connectivity index (χ4v) is 4.52. The lowest BCUT2D eigenvalue weighted by Gasteiger charge is -2.47. The Labute approximate surface area is 148 Å². The third-order valence-corrected chi connectivity index (χ3v) is 5.95. The van der Waals surface area contributed by atoms with Crippen LogP contribution in [0.25, 0.3) is 10.9 Å². The van der Waals surface area contributed by atoms with Crippen molar-refractivity contribution in [3.8, 4) is 5.75 Å². The number of hydrogen-bond acceptors (Lipinski definition) is 4. The van der Waals surface area contributed by atoms with E-state index in [4.69, 9.17) is 4.74 Å². The molecule has 4 rings (SSSR count). The minimum atomic E-state index is -0.0663. The maximum Gasteiger partial charge on any atom is 0.272 e. The van der Waals surface area contributed by atoms with Crippen molar-refractivity contribution < 1.29 is 9.53 Å². The number of amides is 1. The van der Waals surface area contributed by atoms with Gasteiger partial charge in [-0.25, -0.2) is 0 Å². The van der Waals surface area contributed by atoms with Gasteiger partial charge in [-0.15, -0.1) is 0 Å². The van der Waals surface area contributed by atoms with Gasteiger partial charge in [-0.3, -0.25) is 9.48 Å². The van der Waals surface area contributed by atoms with Gasteiger partial charge in [0.05, 0.1) is 12.6 Å². The maximum absolute atomic E-state index is 12.9. The Morgan fingerprint density at radius 1 is 1.24 bits per heavy atom. The van der Waals surface area contributed by atoms with Gasteiger partial charge < -0.3 is 15.0 Å². The van der Waals surface area contributed by atoms with E-state index in [9.17, 15) is 4.79 Å². The second-order valence-electron chi connectivity index (χ2n) is 7.40. The molecule has 25 heavy (non-hydrogen) atoms. The van der Waals surface area contributed by atoms with Gasteiger partial charge in [0.25, 0.3) is 5.91 Å². The van der Waals surface area contributed by atoms with Crippen LogP contribution in [0.3, 0.4) is 0 Å². The molecule has 2 bridgehead atoms. The van der Waals surface area contributed by atoms with Gasteiger partial charge in [0.2, 0.25) is 0 Å². The second kappa shape index (κ2) is 6.33. The molecule has 1 amide bonds. The fourth-order valence-electron chi connectivity index (χ4n) is 4.52. The minimum absolute atomic E-state index is 0.0663. The van der Waals surface area contributed by atoms with E-state index >= 15 is 0 Å². The number of ether oxygens (including phenoxy) is 1. The molecule has 0 aliphatic carbocycles. The van der Waals surface area contributed by atoms with Crippen LogP contribution in [0.4, 0.5) is 0 Å². The third-order valence-electron chi connectivity index (χ3n) is 5.95. The number of piperidine rings is 2. The van der Waals surface area contributed by atoms with Crippen LogP contribution >= 0.6 is 0 Å². The summed E-state index contributed by atoms with van der Waals surface area (Å²) in [6.45, 7) is 0. The number of nitrogens with zero attached hydrogens (tertiary/aromatic N) is 3. The highest BCUT2D eigenvalue weighted by Crippen LogP contribution is 2.33. The van der Waals surface area contributed by atoms with Gasteiger partial charge in [-0.05, 0) is 44.9 Å². The molecule has 1 aromatic carbocycles. The van der Waals surface area contributed by atoms with Crippen LogP contribution in [0.15, 0.2) is 18.2 Å². The van der Waals surface area contributed by atoms with E-state index in [1.807, 2.05) is 25.2 Å². The van der Waals surface area contributed by atoms with Crippen LogP contribution < -0.4 is 10.1 Å². The molecule has 6 heteroatoms. The number of rotatable bonds is 3. The lowest BCUT2D eigenvalue weighted by atomic mass is 9.82. The first kappa shape index (κ1) is 16.4. The van der Waals surface area contributed by atoms with Crippen LogP contribution in [0.2, 0.25) is 0 Å². The summed E-state index contributed by atoms with van der Waals surface area (Å²) in [6.07, 6.45) is 5.87. The maximum atomic E-state index is 12.9. The molecule has 0 saturated carbocycles. The first-order valence-electron chi connectivity index (χ1n) is 9.10. The van der Waals surface area contributed by atoms with Crippen LogP contribution in [0, 0.1) is 0 Å². The zero-order valence-corrected chi connectivity index (χ0v) is 15.2. The monoisotopic (exact) mass is 342 g/mol. The van der Waals surface area contributed by atoms with Crippen molar-refractivity contribution in [3.63, 3.8) is 0 Å². The minimum Gasteiger partial charge on any atom is -0.497 e. The molecule has 1 aromatic heterocycles. The Balaban J connectivity index is 1.55. The summed E-state index contributed by atoms with van der Waals surface area (Å²) in [4.78, 5) is 15.4. The average Bonchev–Trinajstić information content (AvgIpc) is 2.92. The standard InChI is InChI=1S/C19H26N4O2/c1-22-13-5-4-6-14(22)10-12(9-13)20-19(24)18-16-8-7-15(25-3)11-17(16)23(2)21-18/h7-8,11-14H,4-6,9-10H2,1-3H3,(H,20,24)/t13-,14-/m0/s1. The molecule has 2 aliphatic heterocycles. The summed E-state index contributed by atoms with van der Waals surface area (Å²) in [7, 11) is 5.73. The molecular weight excluding hydrogens is 316 g/mol. The van der Waals surface area contributed by atoms with Crippen molar-refractivity contribution in [2.45, 2.75) is 50.2 Å². The van der Waals surface area contributed by atoms with Gasteiger partial charge in [0.1, 0.15) is 5.75 Å². The molecular formula is C19H26N4O2. The predicted molar refractivity (Wildman–Crippen MR) is 96.9 cm³/mol. The third kappa shape index (κ3) is 2.88. The van der Waals surface area contributed by atoms with E-state index in [1.165, 1.54) is 19.3 Å². The number of aromatic nitrogens is 2. The summed E-state index contributed by atoms with van der Waals surface area (Å²) >= 11 is 0. The number of fused-ring (bicyclic) bond motifs is 3. The van der Waals surface area contributed by atoms with Gasteiger partial charge in [-0.1, -0.05) is 6.42 Å². The topological polar surface area (TPSA) is 59.4 Å². The molecule has 2 aromatic rings. The molecule has 3 heterocycles. The highest BCUT2D eigenvalue weighted by Gasteiger charge is 2.36. The first-order chi connectivity index (χ1) is 12.1. The Hall–Kier alpha value is -2.08. The average molecular weight is 342 g/mol. The summed E-state index contributed by atoms with van der Waals surface area (Å²) < 4.78 is 7.02. The van der Waals surface area contributed by atoms with E-state index < -0.39 is 0 Å². The molecule has 2 atom stereocenters. The summed E-state index contributed by atoms with van der Waals surface area (Å²) in [6, 6.07) is 7.15. The Morgan fingerprint density at radius 3 is 2.64 bits per heavy atom. The Morgan fingerprint density at radius 2 is 1.96 bits per heavy atom. The highest BCUT2D eigenvalue weighted by atomic mass is 16.5. The lowest BCUT2D eigenvalue weighted by molar-refractivity contribution is 0.0462. The van der Waals surface area contributed by atoms with E-state index in [0.29, 0.717) is 17.8 Å². The van der Waals surface area contributed by atoms with Crippen molar-refractivity contribution in [1.82, 2.24) is 20.0 Å². The Bertz CT molecular complexity index is 786. The SMILES string of the molecule is COc1ccc2c(C(=O)NC3C[C@@H]4CCC[C@@H](C3)N4C)nn(C)c2c1. The van der Waals surface area contributed by atoms with E-state index in [2.05, 4.69) is 22.4 Å². The van der Waals surface area contributed by atoms with Crippen molar-refractivity contribution in [1.29, 1.82) is 0 Å². The second-order valence-corrected chi connectivity index (χ2v) is 7.40. The summed E-state index contributed by atoms with van der Waals surface area (Å²) in [5, 5.41) is 8.57. The van der Waals surface area contributed by atoms with Gasteiger partial charge >= 0.3 is 0 Å². The van der Waals surface area contributed by atoms with Crippen LogP contribution in [-0.2, 0) is 7.05 Å². The molecule has 0 unspecified atom stereocenters. The van der Waals surface area contributed by atoms with Crippen LogP contribution in [0.1, 0.15) is 42.6 Å². The smallest absolute Gasteiger partial charge is 0.272 e. The fraction of sp³-hybridized carbons (Fsp3) is 0.579. The normalized spacial score (nSPS) is 26.6. The van der Waals surface area contributed by atoms with Crippen molar-refractivity contribution in [2.75, 3.05) is 14.2 Å². The number of benzene rings is 1. The number of aryl methyl sites for hydroxylation is 1. The summed E-state index contributed by atoms with van der Waals surface area (Å²) in [5.74, 6) is 0.703. The number of carbonyl (C=O) groups is 1. The van der Waals surface area contributed by atoms with E-state index in [-0.39, 0.29) is 11.9 Å². The van der Waals surface area contributed by atoms with Crippen LogP contribution in [-0.4, -0.2) is 52.9 Å². The predicted octanol–water partition coefficient (Wildman–Crippen LogP) is 2.33. The van der Waals surface area contributed by atoms with Crippen molar-refractivity contribution in [2.24, 2.45) is 7.05 Å². The molecule has 2 fully saturated rings. The Kier molecular flexibility index (Phi) is 4.15. The highest BCUT2D eigenvalue weighted by molar-refractivity contribution is 6.05. The molecule has 1 N–H and O–H groups in total. The van der Waals surface area contributed by atoms with E-state index in [0.717, 1.165) is 29.5 Å². The molecule has 134 valence electrons. The quantitative estimate of drug-likeness (QED) is 0.930. The zero-order chi connectivity index (χ0) is 17.6. The number of methoxy groups -OCH3 is 1. The number of carbonyl (C=O) groups excluding carboxylic acids is 1. The molecule has 0 spiro atoms. The van der Waals surface area contributed by atoms with E-state index in [1.54, 1.807) is 11.8 Å². The largest absolute Gasteiger partial charge is 0.497 e. The van der Waals surface area contributed by atoms with Gasteiger partial charge in [0.15, 0.2) is 5.69 Å². The molecule has 0 radical (unpaired) electrons. The zero-order valence-electron chi connectivity index (χ0n) is 15.2. The number of nitrogens with one attached hydrogen (secondary N) is 1. The first-order valence-corrected chi connectivity index (χ1v) is 9.10. The van der Waals surface area contributed by atoms with Gasteiger partial charge in [-0.2, -0.15) is 5.10 Å². The molecule has 2 aliphatic rings. The summed E-state index contributed by atoms with van der Waals surface area (Å²) in [5.41, 5.74) is 1.41. The molecule has 2 saturated heterocycles. The van der Waals surface area contributed by atoms with Gasteiger partial charge in [0, 0.05) is 36.6 Å².